The molecule has 0 aliphatic heterocycles. The number of nitrogens with zero attached hydrogens (tertiary/aromatic N) is 1. The van der Waals surface area contributed by atoms with Gasteiger partial charge < -0.3 is 5.32 Å². The van der Waals surface area contributed by atoms with Crippen LogP contribution < -0.4 is 5.32 Å². The maximum atomic E-state index is 10.8. The summed E-state index contributed by atoms with van der Waals surface area (Å²) >= 11 is 1.09. The van der Waals surface area contributed by atoms with Gasteiger partial charge in [-0.15, -0.1) is 0 Å². The van der Waals surface area contributed by atoms with E-state index in [1.165, 1.54) is 12.3 Å². The monoisotopic (exact) mass is 278 g/mol. The number of hydrogen-bond donors (Lipinski definition) is 1. The van der Waals surface area contributed by atoms with Gasteiger partial charge in [-0.25, -0.2) is 8.42 Å². The van der Waals surface area contributed by atoms with E-state index >= 15 is 0 Å². The van der Waals surface area contributed by atoms with Gasteiger partial charge in [0.05, 0.1) is 10.7 Å². The van der Waals surface area contributed by atoms with Crippen LogP contribution in [0.4, 0.5) is 5.00 Å². The summed E-state index contributed by atoms with van der Waals surface area (Å²) in [5.74, 6) is 0.157. The van der Waals surface area contributed by atoms with Gasteiger partial charge in [0.25, 0.3) is 0 Å². The summed E-state index contributed by atoms with van der Waals surface area (Å²) < 4.78 is 21.7. The lowest BCUT2D eigenvalue weighted by Crippen LogP contribution is -2.17. The molecule has 0 aromatic carbocycles. The lowest BCUT2D eigenvalue weighted by atomic mass is 10.3. The average molecular weight is 278 g/mol. The molecule has 1 heterocycles. The van der Waals surface area contributed by atoms with Gasteiger partial charge in [-0.05, 0) is 18.5 Å². The van der Waals surface area contributed by atoms with E-state index in [1.807, 2.05) is 0 Å². The predicted octanol–water partition coefficient (Wildman–Crippen LogP) is 1.18. The van der Waals surface area contributed by atoms with Crippen LogP contribution in [0.2, 0.25) is 0 Å². The fourth-order valence-corrected chi connectivity index (χ4v) is 2.64. The third kappa shape index (κ3) is 5.76. The first-order chi connectivity index (χ1) is 7.88. The zero-order valence-corrected chi connectivity index (χ0v) is 11.0. The zero-order valence-electron chi connectivity index (χ0n) is 9.38. The second kappa shape index (κ2) is 6.08. The summed E-state index contributed by atoms with van der Waals surface area (Å²) in [5, 5.41) is 15.3. The quantitative estimate of drug-likeness (QED) is 0.459. The lowest BCUT2D eigenvalue weighted by molar-refractivity contribution is -0.380. The molecule has 1 aromatic rings. The predicted molar refractivity (Wildman–Crippen MR) is 67.0 cm³/mol. The Morgan fingerprint density at radius 1 is 1.53 bits per heavy atom. The van der Waals surface area contributed by atoms with Gasteiger partial charge in [0.1, 0.15) is 9.84 Å². The van der Waals surface area contributed by atoms with Crippen molar-refractivity contribution in [1.29, 1.82) is 0 Å². The Morgan fingerprint density at radius 2 is 2.24 bits per heavy atom. The molecule has 96 valence electrons. The number of nitrogens with one attached hydrogen (secondary N) is 1. The molecule has 6 nitrogen and oxygen atoms in total. The van der Waals surface area contributed by atoms with Crippen LogP contribution >= 0.6 is 11.3 Å². The number of rotatable bonds is 7. The van der Waals surface area contributed by atoms with E-state index in [-0.39, 0.29) is 10.8 Å². The second-order valence-electron chi connectivity index (χ2n) is 3.71. The SMILES string of the molecule is CS(=O)(=O)CCCNCc1csc([N+](=O)[O-])c1. The molecular weight excluding hydrogens is 264 g/mol. The van der Waals surface area contributed by atoms with Crippen LogP contribution in [0.1, 0.15) is 12.0 Å². The summed E-state index contributed by atoms with van der Waals surface area (Å²) in [6, 6.07) is 1.52. The molecular formula is C9H14N2O4S2. The topological polar surface area (TPSA) is 89.3 Å². The third-order valence-corrected chi connectivity index (χ3v) is 3.98. The Hall–Kier alpha value is -0.990. The van der Waals surface area contributed by atoms with Crippen LogP contribution in [0.25, 0.3) is 0 Å². The second-order valence-corrected chi connectivity index (χ2v) is 6.86. The van der Waals surface area contributed by atoms with Crippen molar-refractivity contribution in [3.05, 3.63) is 27.1 Å². The Morgan fingerprint density at radius 3 is 2.76 bits per heavy atom. The van der Waals surface area contributed by atoms with Crippen molar-refractivity contribution in [1.82, 2.24) is 5.32 Å². The van der Waals surface area contributed by atoms with Gasteiger partial charge in [-0.3, -0.25) is 10.1 Å². The van der Waals surface area contributed by atoms with Crippen molar-refractivity contribution in [2.45, 2.75) is 13.0 Å². The first-order valence-electron chi connectivity index (χ1n) is 4.99. The van der Waals surface area contributed by atoms with Gasteiger partial charge in [0.2, 0.25) is 0 Å². The Kier molecular flexibility index (Phi) is 5.03. The van der Waals surface area contributed by atoms with E-state index in [0.717, 1.165) is 16.9 Å². The van der Waals surface area contributed by atoms with Crippen LogP contribution in [-0.4, -0.2) is 31.9 Å². The molecule has 17 heavy (non-hydrogen) atoms. The third-order valence-electron chi connectivity index (χ3n) is 2.02. The Balaban J connectivity index is 2.24. The van der Waals surface area contributed by atoms with E-state index in [4.69, 9.17) is 0 Å². The Bertz CT molecular complexity index is 481. The first-order valence-corrected chi connectivity index (χ1v) is 7.93. The van der Waals surface area contributed by atoms with E-state index < -0.39 is 14.8 Å². The van der Waals surface area contributed by atoms with Crippen LogP contribution in [-0.2, 0) is 16.4 Å². The molecule has 8 heteroatoms. The largest absolute Gasteiger partial charge is 0.324 e. The van der Waals surface area contributed by atoms with E-state index in [2.05, 4.69) is 5.32 Å². The molecule has 0 atom stereocenters. The van der Waals surface area contributed by atoms with Crippen LogP contribution in [0.15, 0.2) is 11.4 Å². The van der Waals surface area contributed by atoms with Gasteiger partial charge in [-0.2, -0.15) is 0 Å². The van der Waals surface area contributed by atoms with Gasteiger partial charge in [0, 0.05) is 24.2 Å². The highest BCUT2D eigenvalue weighted by molar-refractivity contribution is 7.90. The van der Waals surface area contributed by atoms with E-state index in [1.54, 1.807) is 5.38 Å². The van der Waals surface area contributed by atoms with Gasteiger partial charge in [0.15, 0.2) is 0 Å². The molecule has 0 radical (unpaired) electrons. The molecule has 0 unspecified atom stereocenters. The minimum Gasteiger partial charge on any atom is -0.313 e. The highest BCUT2D eigenvalue weighted by Crippen LogP contribution is 2.22. The van der Waals surface area contributed by atoms with E-state index in [0.29, 0.717) is 19.5 Å². The summed E-state index contributed by atoms with van der Waals surface area (Å²) in [4.78, 5) is 10.0. The molecule has 0 fully saturated rings. The molecule has 0 bridgehead atoms. The standard InChI is InChI=1S/C9H14N2O4S2/c1-17(14,15)4-2-3-10-6-8-5-9(11(12)13)16-7-8/h5,7,10H,2-4,6H2,1H3. The number of sulfone groups is 1. The molecule has 0 aliphatic carbocycles. The maximum Gasteiger partial charge on any atom is 0.324 e. The molecule has 1 N–H and O–H groups in total. The van der Waals surface area contributed by atoms with Crippen molar-refractivity contribution < 1.29 is 13.3 Å². The highest BCUT2D eigenvalue weighted by atomic mass is 32.2. The summed E-state index contributed by atoms with van der Waals surface area (Å²) in [5.41, 5.74) is 0.848. The normalized spacial score (nSPS) is 11.6. The number of nitro groups is 1. The van der Waals surface area contributed by atoms with Crippen LogP contribution in [0.5, 0.6) is 0 Å². The van der Waals surface area contributed by atoms with Crippen LogP contribution in [0.3, 0.4) is 0 Å². The fraction of sp³-hybridized carbons (Fsp3) is 0.556. The molecule has 0 amide bonds. The molecule has 0 saturated heterocycles. The molecule has 1 aromatic heterocycles. The first kappa shape index (κ1) is 14.1. The van der Waals surface area contributed by atoms with Crippen molar-refractivity contribution >= 4 is 26.2 Å². The number of thiophene rings is 1. The molecule has 0 saturated carbocycles. The lowest BCUT2D eigenvalue weighted by Gasteiger charge is -2.01. The average Bonchev–Trinajstić information content (AvgIpc) is 2.64. The van der Waals surface area contributed by atoms with Crippen molar-refractivity contribution in [2.24, 2.45) is 0 Å². The Labute approximate surface area is 104 Å². The fourth-order valence-electron chi connectivity index (χ4n) is 1.24. The van der Waals surface area contributed by atoms with E-state index in [9.17, 15) is 18.5 Å². The van der Waals surface area contributed by atoms with Crippen LogP contribution in [0, 0.1) is 10.1 Å². The smallest absolute Gasteiger partial charge is 0.313 e. The summed E-state index contributed by atoms with van der Waals surface area (Å²) in [6.07, 6.45) is 1.75. The van der Waals surface area contributed by atoms with Crippen molar-refractivity contribution in [2.75, 3.05) is 18.6 Å². The minimum absolute atomic E-state index is 0.123. The zero-order chi connectivity index (χ0) is 12.9. The highest BCUT2D eigenvalue weighted by Gasteiger charge is 2.09. The maximum absolute atomic E-state index is 10.8. The van der Waals surface area contributed by atoms with Gasteiger partial charge >= 0.3 is 5.00 Å². The minimum atomic E-state index is -2.90. The van der Waals surface area contributed by atoms with Crippen molar-refractivity contribution in [3.63, 3.8) is 0 Å². The number of hydrogen-bond acceptors (Lipinski definition) is 6. The van der Waals surface area contributed by atoms with Crippen molar-refractivity contribution in [3.8, 4) is 0 Å². The van der Waals surface area contributed by atoms with Gasteiger partial charge in [-0.1, -0.05) is 11.3 Å². The summed E-state index contributed by atoms with van der Waals surface area (Å²) in [6.45, 7) is 1.10. The molecule has 1 rings (SSSR count). The summed E-state index contributed by atoms with van der Waals surface area (Å²) in [7, 11) is -2.90. The molecule has 0 aliphatic rings. The molecule has 0 spiro atoms.